The third-order valence-corrected chi connectivity index (χ3v) is 7.73. The number of alkyl halides is 3. The molecule has 208 valence electrons. The first-order valence-corrected chi connectivity index (χ1v) is 14.0. The summed E-state index contributed by atoms with van der Waals surface area (Å²) < 4.78 is 39.3. The van der Waals surface area contributed by atoms with E-state index >= 15 is 0 Å². The zero-order valence-electron chi connectivity index (χ0n) is 22.6. The Morgan fingerprint density at radius 3 is 2.13 bits per heavy atom. The molecule has 0 unspecified atom stereocenters. The number of halogens is 3. The molecule has 1 atom stereocenters. The number of carbonyl (C=O) groups is 1. The van der Waals surface area contributed by atoms with Crippen LogP contribution >= 0.6 is 0 Å². The van der Waals surface area contributed by atoms with Crippen LogP contribution in [0.4, 0.5) is 24.5 Å². The van der Waals surface area contributed by atoms with Gasteiger partial charge < -0.3 is 15.5 Å². The van der Waals surface area contributed by atoms with Crippen molar-refractivity contribution < 1.29 is 18.0 Å². The van der Waals surface area contributed by atoms with Gasteiger partial charge in [0.2, 0.25) is 5.91 Å². The standard InChI is InChI=1S/C30H41F3N4O/c1-22(2)34-26-12-14-27(15-13-26)37-20-18-36(19-21-37)17-16-28(35-29(38)24-6-4-3-5-7-24)23-8-10-25(11-9-23)30(31,32)33/h8-15,22,24,28,34H,3-7,16-21H2,1-2H3,(H,35,38)/t28-/m0/s1. The van der Waals surface area contributed by atoms with Crippen molar-refractivity contribution in [3.05, 3.63) is 59.7 Å². The number of benzene rings is 2. The van der Waals surface area contributed by atoms with Gasteiger partial charge in [0, 0.05) is 56.1 Å². The summed E-state index contributed by atoms with van der Waals surface area (Å²) in [5.41, 5.74) is 2.40. The Kier molecular flexibility index (Phi) is 9.58. The van der Waals surface area contributed by atoms with Crippen LogP contribution in [0.5, 0.6) is 0 Å². The molecular weight excluding hydrogens is 489 g/mol. The molecule has 2 aromatic carbocycles. The lowest BCUT2D eigenvalue weighted by Crippen LogP contribution is -2.47. The maximum atomic E-state index is 13.1. The van der Waals surface area contributed by atoms with Crippen molar-refractivity contribution in [2.24, 2.45) is 5.92 Å². The summed E-state index contributed by atoms with van der Waals surface area (Å²) in [4.78, 5) is 17.8. The lowest BCUT2D eigenvalue weighted by atomic mass is 9.88. The Morgan fingerprint density at radius 2 is 1.55 bits per heavy atom. The largest absolute Gasteiger partial charge is 0.416 e. The molecule has 38 heavy (non-hydrogen) atoms. The lowest BCUT2D eigenvalue weighted by Gasteiger charge is -2.37. The maximum absolute atomic E-state index is 13.1. The van der Waals surface area contributed by atoms with E-state index in [2.05, 4.69) is 58.5 Å². The fourth-order valence-electron chi connectivity index (χ4n) is 5.52. The predicted molar refractivity (Wildman–Crippen MR) is 147 cm³/mol. The van der Waals surface area contributed by atoms with Gasteiger partial charge in [-0.15, -0.1) is 0 Å². The van der Waals surface area contributed by atoms with E-state index in [1.54, 1.807) is 0 Å². The molecule has 0 aromatic heterocycles. The monoisotopic (exact) mass is 530 g/mol. The number of carbonyl (C=O) groups excluding carboxylic acids is 1. The molecule has 1 aliphatic heterocycles. The Bertz CT molecular complexity index is 1010. The number of nitrogens with zero attached hydrogens (tertiary/aromatic N) is 2. The van der Waals surface area contributed by atoms with E-state index in [-0.39, 0.29) is 17.9 Å². The van der Waals surface area contributed by atoms with Crippen LogP contribution in [-0.2, 0) is 11.0 Å². The zero-order valence-corrected chi connectivity index (χ0v) is 22.6. The molecule has 1 amide bonds. The van der Waals surface area contributed by atoms with Gasteiger partial charge in [-0.2, -0.15) is 13.2 Å². The molecule has 2 aliphatic rings. The van der Waals surface area contributed by atoms with Gasteiger partial charge in [0.25, 0.3) is 0 Å². The number of amides is 1. The van der Waals surface area contributed by atoms with Crippen molar-refractivity contribution in [3.63, 3.8) is 0 Å². The van der Waals surface area contributed by atoms with Crippen LogP contribution in [0.15, 0.2) is 48.5 Å². The first-order valence-electron chi connectivity index (χ1n) is 14.0. The third kappa shape index (κ3) is 7.88. The molecule has 0 bridgehead atoms. The van der Waals surface area contributed by atoms with Crippen LogP contribution in [0.25, 0.3) is 0 Å². The topological polar surface area (TPSA) is 47.6 Å². The molecule has 0 radical (unpaired) electrons. The highest BCUT2D eigenvalue weighted by atomic mass is 19.4. The van der Waals surface area contributed by atoms with Crippen molar-refractivity contribution in [2.45, 2.75) is 70.6 Å². The molecule has 1 aliphatic carbocycles. The van der Waals surface area contributed by atoms with Gasteiger partial charge in [0.1, 0.15) is 0 Å². The van der Waals surface area contributed by atoms with Gasteiger partial charge in [0.05, 0.1) is 11.6 Å². The minimum Gasteiger partial charge on any atom is -0.383 e. The first kappa shape index (κ1) is 28.3. The minimum absolute atomic E-state index is 0.00590. The van der Waals surface area contributed by atoms with E-state index in [0.29, 0.717) is 12.5 Å². The summed E-state index contributed by atoms with van der Waals surface area (Å²) in [6.45, 7) is 8.66. The summed E-state index contributed by atoms with van der Waals surface area (Å²) in [5.74, 6) is 0.0428. The Hall–Kier alpha value is -2.74. The smallest absolute Gasteiger partial charge is 0.383 e. The Labute approximate surface area is 224 Å². The number of nitrogens with one attached hydrogen (secondary N) is 2. The number of piperazine rings is 1. The summed E-state index contributed by atoms with van der Waals surface area (Å²) in [6, 6.07) is 13.9. The summed E-state index contributed by atoms with van der Waals surface area (Å²) in [7, 11) is 0. The van der Waals surface area contributed by atoms with Crippen molar-refractivity contribution in [2.75, 3.05) is 42.9 Å². The predicted octanol–water partition coefficient (Wildman–Crippen LogP) is 6.48. The molecule has 2 aromatic rings. The van der Waals surface area contributed by atoms with Gasteiger partial charge in [-0.05, 0) is 75.1 Å². The van der Waals surface area contributed by atoms with Crippen molar-refractivity contribution >= 4 is 17.3 Å². The van der Waals surface area contributed by atoms with Gasteiger partial charge >= 0.3 is 6.18 Å². The van der Waals surface area contributed by atoms with E-state index in [4.69, 9.17) is 0 Å². The summed E-state index contributed by atoms with van der Waals surface area (Å²) >= 11 is 0. The van der Waals surface area contributed by atoms with Gasteiger partial charge in [-0.3, -0.25) is 9.69 Å². The molecule has 8 heteroatoms. The normalized spacial score (nSPS) is 18.4. The summed E-state index contributed by atoms with van der Waals surface area (Å²) in [5, 5.41) is 6.61. The Balaban J connectivity index is 1.34. The maximum Gasteiger partial charge on any atom is 0.416 e. The van der Waals surface area contributed by atoms with E-state index in [1.165, 1.54) is 17.8 Å². The van der Waals surface area contributed by atoms with E-state index in [9.17, 15) is 18.0 Å². The molecular formula is C30H41F3N4O. The van der Waals surface area contributed by atoms with Crippen molar-refractivity contribution in [1.29, 1.82) is 0 Å². The van der Waals surface area contributed by atoms with Crippen molar-refractivity contribution in [1.82, 2.24) is 10.2 Å². The molecule has 2 fully saturated rings. The van der Waals surface area contributed by atoms with Crippen LogP contribution < -0.4 is 15.5 Å². The molecule has 4 rings (SSSR count). The van der Waals surface area contributed by atoms with Gasteiger partial charge in [0.15, 0.2) is 0 Å². The molecule has 5 nitrogen and oxygen atoms in total. The minimum atomic E-state index is -4.37. The van der Waals surface area contributed by atoms with Gasteiger partial charge in [-0.1, -0.05) is 31.4 Å². The number of rotatable bonds is 9. The molecule has 1 saturated carbocycles. The highest BCUT2D eigenvalue weighted by molar-refractivity contribution is 5.79. The van der Waals surface area contributed by atoms with Crippen LogP contribution in [0.1, 0.15) is 69.5 Å². The highest BCUT2D eigenvalue weighted by Gasteiger charge is 2.31. The zero-order chi connectivity index (χ0) is 27.1. The van der Waals surface area contributed by atoms with Crippen LogP contribution in [0, 0.1) is 5.92 Å². The second kappa shape index (κ2) is 12.9. The SMILES string of the molecule is CC(C)Nc1ccc(N2CCN(CC[C@H](NC(=O)C3CCCCC3)c3ccc(C(F)(F)F)cc3)CC2)cc1. The number of hydrogen-bond donors (Lipinski definition) is 2. The molecule has 0 spiro atoms. The Morgan fingerprint density at radius 1 is 0.921 bits per heavy atom. The van der Waals surface area contributed by atoms with E-state index in [1.807, 2.05) is 0 Å². The van der Waals surface area contributed by atoms with Crippen LogP contribution in [0.3, 0.4) is 0 Å². The molecule has 1 saturated heterocycles. The first-order chi connectivity index (χ1) is 18.2. The second-order valence-electron chi connectivity index (χ2n) is 11.0. The van der Waals surface area contributed by atoms with Crippen LogP contribution in [-0.4, -0.2) is 49.6 Å². The van der Waals surface area contributed by atoms with Gasteiger partial charge in [-0.25, -0.2) is 0 Å². The average Bonchev–Trinajstić information content (AvgIpc) is 2.91. The third-order valence-electron chi connectivity index (χ3n) is 7.73. The average molecular weight is 531 g/mol. The molecule has 1 heterocycles. The van der Waals surface area contributed by atoms with Crippen molar-refractivity contribution in [3.8, 4) is 0 Å². The number of hydrogen-bond acceptors (Lipinski definition) is 4. The van der Waals surface area contributed by atoms with Crippen LogP contribution in [0.2, 0.25) is 0 Å². The number of anilines is 2. The highest BCUT2D eigenvalue weighted by Crippen LogP contribution is 2.31. The summed E-state index contributed by atoms with van der Waals surface area (Å²) in [6.07, 6.45) is 1.36. The fraction of sp³-hybridized carbons (Fsp3) is 0.567. The van der Waals surface area contributed by atoms with E-state index < -0.39 is 11.7 Å². The quantitative estimate of drug-likeness (QED) is 0.390. The lowest BCUT2D eigenvalue weighted by molar-refractivity contribution is -0.137. The van der Waals surface area contributed by atoms with E-state index in [0.717, 1.165) is 88.2 Å². The second-order valence-corrected chi connectivity index (χ2v) is 11.0. The molecule has 2 N–H and O–H groups in total. The fourth-order valence-corrected chi connectivity index (χ4v) is 5.52.